The summed E-state index contributed by atoms with van der Waals surface area (Å²) in [4.78, 5) is 10.5. The molecule has 0 spiro atoms. The molecule has 0 aromatic heterocycles. The van der Waals surface area contributed by atoms with Crippen LogP contribution in [0.3, 0.4) is 0 Å². The van der Waals surface area contributed by atoms with Gasteiger partial charge >= 0.3 is 5.97 Å². The summed E-state index contributed by atoms with van der Waals surface area (Å²) in [5.74, 6) is -0.343. The van der Waals surface area contributed by atoms with Gasteiger partial charge in [0, 0.05) is 6.42 Å². The summed E-state index contributed by atoms with van der Waals surface area (Å²) >= 11 is 0. The average molecular weight is 146 g/mol. The molecule has 1 saturated heterocycles. The summed E-state index contributed by atoms with van der Waals surface area (Å²) < 4.78 is 4.61. The Balaban J connectivity index is 2.45. The Morgan fingerprint density at radius 3 is 2.90 bits per heavy atom. The van der Waals surface area contributed by atoms with E-state index in [2.05, 4.69) is 4.74 Å². The van der Waals surface area contributed by atoms with Crippen molar-refractivity contribution in [2.24, 2.45) is 0 Å². The predicted molar refractivity (Wildman–Crippen MR) is 32.2 cm³/mol. The van der Waals surface area contributed by atoms with Gasteiger partial charge in [-0.3, -0.25) is 4.79 Å². The fraction of sp³-hybridized carbons (Fsp3) is 0.833. The average Bonchev–Trinajstić information content (AvgIpc) is 1.94. The number of cyclic esters (lactones) is 1. The molecule has 0 amide bonds. The summed E-state index contributed by atoms with van der Waals surface area (Å²) in [5, 5.41) is 17.6. The van der Waals surface area contributed by atoms with E-state index in [1.807, 2.05) is 0 Å². The van der Waals surface area contributed by atoms with Gasteiger partial charge in [0.15, 0.2) is 6.10 Å². The summed E-state index contributed by atoms with van der Waals surface area (Å²) in [6.45, 7) is -0.299. The molecule has 1 unspecified atom stereocenters. The minimum absolute atomic E-state index is 0.248. The van der Waals surface area contributed by atoms with Crippen molar-refractivity contribution in [2.75, 3.05) is 6.61 Å². The van der Waals surface area contributed by atoms with E-state index in [0.29, 0.717) is 6.42 Å². The van der Waals surface area contributed by atoms with Crippen LogP contribution in [-0.4, -0.2) is 35.0 Å². The summed E-state index contributed by atoms with van der Waals surface area (Å²) in [5.41, 5.74) is 0. The topological polar surface area (TPSA) is 66.8 Å². The van der Waals surface area contributed by atoms with E-state index in [4.69, 9.17) is 10.2 Å². The van der Waals surface area contributed by atoms with E-state index < -0.39 is 12.2 Å². The molecule has 0 aromatic rings. The molecule has 0 aromatic carbocycles. The van der Waals surface area contributed by atoms with Crippen molar-refractivity contribution in [3.8, 4) is 0 Å². The lowest BCUT2D eigenvalue weighted by Crippen LogP contribution is -2.38. The minimum atomic E-state index is -0.707. The van der Waals surface area contributed by atoms with Crippen molar-refractivity contribution >= 4 is 5.97 Å². The normalized spacial score (nSPS) is 33.6. The van der Waals surface area contributed by atoms with Crippen molar-refractivity contribution < 1.29 is 19.7 Å². The Morgan fingerprint density at radius 1 is 1.70 bits per heavy atom. The highest BCUT2D eigenvalue weighted by molar-refractivity contribution is 5.70. The standard InChI is InChI=1S/C6H10O4/c7-3-5-4(8)1-2-6(9)10-5/h4-5,7-8H,1-3H2/t4-,5?/m0/s1. The summed E-state index contributed by atoms with van der Waals surface area (Å²) in [7, 11) is 0. The summed E-state index contributed by atoms with van der Waals surface area (Å²) in [6.07, 6.45) is -0.759. The Hall–Kier alpha value is -0.610. The van der Waals surface area contributed by atoms with Gasteiger partial charge in [-0.25, -0.2) is 0 Å². The van der Waals surface area contributed by atoms with Gasteiger partial charge in [-0.2, -0.15) is 0 Å². The molecule has 4 heteroatoms. The molecule has 58 valence electrons. The predicted octanol–water partition coefficient (Wildman–Crippen LogP) is -0.955. The first-order chi connectivity index (χ1) is 4.74. The molecule has 10 heavy (non-hydrogen) atoms. The van der Waals surface area contributed by atoms with Crippen molar-refractivity contribution in [2.45, 2.75) is 25.0 Å². The van der Waals surface area contributed by atoms with Crippen molar-refractivity contribution in [3.63, 3.8) is 0 Å². The fourth-order valence-corrected chi connectivity index (χ4v) is 0.917. The molecule has 1 heterocycles. The van der Waals surface area contributed by atoms with Crippen LogP contribution in [0.1, 0.15) is 12.8 Å². The van der Waals surface area contributed by atoms with E-state index in [0.717, 1.165) is 0 Å². The van der Waals surface area contributed by atoms with E-state index in [-0.39, 0.29) is 19.0 Å². The second kappa shape index (κ2) is 2.98. The van der Waals surface area contributed by atoms with Crippen LogP contribution in [0.15, 0.2) is 0 Å². The number of aliphatic hydroxyl groups is 2. The molecule has 0 bridgehead atoms. The quantitative estimate of drug-likeness (QED) is 0.468. The first kappa shape index (κ1) is 7.50. The molecule has 1 aliphatic rings. The van der Waals surface area contributed by atoms with E-state index in [1.54, 1.807) is 0 Å². The van der Waals surface area contributed by atoms with Gasteiger partial charge in [0.1, 0.15) is 0 Å². The molecular formula is C6H10O4. The van der Waals surface area contributed by atoms with E-state index >= 15 is 0 Å². The van der Waals surface area contributed by atoms with Crippen molar-refractivity contribution in [1.82, 2.24) is 0 Å². The van der Waals surface area contributed by atoms with Crippen LogP contribution in [0.2, 0.25) is 0 Å². The van der Waals surface area contributed by atoms with Crippen LogP contribution >= 0.6 is 0 Å². The van der Waals surface area contributed by atoms with Crippen molar-refractivity contribution in [1.29, 1.82) is 0 Å². The first-order valence-electron chi connectivity index (χ1n) is 3.22. The van der Waals surface area contributed by atoms with Crippen LogP contribution in [0.25, 0.3) is 0 Å². The molecule has 1 aliphatic heterocycles. The molecular weight excluding hydrogens is 136 g/mol. The molecule has 2 atom stereocenters. The maximum atomic E-state index is 10.5. The van der Waals surface area contributed by atoms with Gasteiger partial charge in [-0.15, -0.1) is 0 Å². The Labute approximate surface area is 58.4 Å². The molecule has 2 N–H and O–H groups in total. The number of carbonyl (C=O) groups is 1. The minimum Gasteiger partial charge on any atom is -0.457 e. The number of esters is 1. The lowest BCUT2D eigenvalue weighted by molar-refractivity contribution is -0.167. The lowest BCUT2D eigenvalue weighted by atomic mass is 10.1. The van der Waals surface area contributed by atoms with Crippen LogP contribution in [0.4, 0.5) is 0 Å². The highest BCUT2D eigenvalue weighted by Crippen LogP contribution is 2.13. The Morgan fingerprint density at radius 2 is 2.40 bits per heavy atom. The maximum absolute atomic E-state index is 10.5. The SMILES string of the molecule is O=C1CC[C@H](O)C(CO)O1. The zero-order chi connectivity index (χ0) is 7.56. The molecule has 1 rings (SSSR count). The second-order valence-electron chi connectivity index (χ2n) is 2.32. The fourth-order valence-electron chi connectivity index (χ4n) is 0.917. The molecule has 1 fully saturated rings. The Bertz CT molecular complexity index is 134. The van der Waals surface area contributed by atoms with Gasteiger partial charge in [0.05, 0.1) is 12.7 Å². The number of hydrogen-bond donors (Lipinski definition) is 2. The lowest BCUT2D eigenvalue weighted by Gasteiger charge is -2.25. The second-order valence-corrected chi connectivity index (χ2v) is 2.32. The summed E-state index contributed by atoms with van der Waals surface area (Å²) in [6, 6.07) is 0. The van der Waals surface area contributed by atoms with Gasteiger partial charge in [-0.05, 0) is 6.42 Å². The third-order valence-electron chi connectivity index (χ3n) is 1.54. The van der Waals surface area contributed by atoms with E-state index in [1.165, 1.54) is 0 Å². The number of carbonyl (C=O) groups excluding carboxylic acids is 1. The van der Waals surface area contributed by atoms with Gasteiger partial charge in [0.25, 0.3) is 0 Å². The maximum Gasteiger partial charge on any atom is 0.306 e. The van der Waals surface area contributed by atoms with Gasteiger partial charge < -0.3 is 14.9 Å². The number of hydrogen-bond acceptors (Lipinski definition) is 4. The van der Waals surface area contributed by atoms with Crippen LogP contribution in [-0.2, 0) is 9.53 Å². The van der Waals surface area contributed by atoms with Crippen LogP contribution < -0.4 is 0 Å². The largest absolute Gasteiger partial charge is 0.457 e. The van der Waals surface area contributed by atoms with Crippen LogP contribution in [0.5, 0.6) is 0 Å². The number of rotatable bonds is 1. The van der Waals surface area contributed by atoms with Crippen molar-refractivity contribution in [3.05, 3.63) is 0 Å². The number of ether oxygens (including phenoxy) is 1. The molecule has 0 radical (unpaired) electrons. The third kappa shape index (κ3) is 1.46. The zero-order valence-corrected chi connectivity index (χ0v) is 5.49. The highest BCUT2D eigenvalue weighted by atomic mass is 16.6. The van der Waals surface area contributed by atoms with Gasteiger partial charge in [0.2, 0.25) is 0 Å². The smallest absolute Gasteiger partial charge is 0.306 e. The zero-order valence-electron chi connectivity index (χ0n) is 5.49. The number of aliphatic hydroxyl groups excluding tert-OH is 2. The molecule has 0 saturated carbocycles. The van der Waals surface area contributed by atoms with Gasteiger partial charge in [-0.1, -0.05) is 0 Å². The van der Waals surface area contributed by atoms with Crippen LogP contribution in [0, 0.1) is 0 Å². The van der Waals surface area contributed by atoms with E-state index in [9.17, 15) is 4.79 Å². The monoisotopic (exact) mass is 146 g/mol. The third-order valence-corrected chi connectivity index (χ3v) is 1.54. The highest BCUT2D eigenvalue weighted by Gasteiger charge is 2.27. The molecule has 0 aliphatic carbocycles. The molecule has 4 nitrogen and oxygen atoms in total. The first-order valence-corrected chi connectivity index (χ1v) is 3.22. The Kier molecular flexibility index (Phi) is 2.24.